The molecule has 1 aliphatic rings. The van der Waals surface area contributed by atoms with Crippen molar-refractivity contribution in [3.8, 4) is 0 Å². The molecule has 2 amide bonds. The summed E-state index contributed by atoms with van der Waals surface area (Å²) in [7, 11) is -3.72. The van der Waals surface area contributed by atoms with Gasteiger partial charge in [-0.2, -0.15) is 4.31 Å². The normalized spacial score (nSPS) is 17.4. The molecule has 166 valence electrons. The van der Waals surface area contributed by atoms with E-state index in [1.54, 1.807) is 12.1 Å². The molecule has 31 heavy (non-hydrogen) atoms. The lowest BCUT2D eigenvalue weighted by molar-refractivity contribution is -0.121. The fraction of sp³-hybridized carbons (Fsp3) is 0.391. The fourth-order valence-corrected chi connectivity index (χ4v) is 5.16. The van der Waals surface area contributed by atoms with E-state index in [2.05, 4.69) is 24.5 Å². The average Bonchev–Trinajstić information content (AvgIpc) is 2.74. The number of benzene rings is 2. The van der Waals surface area contributed by atoms with Crippen molar-refractivity contribution in [3.05, 3.63) is 54.1 Å². The molecule has 2 N–H and O–H groups in total. The summed E-state index contributed by atoms with van der Waals surface area (Å²) >= 11 is 0. The second-order valence-corrected chi connectivity index (χ2v) is 10.1. The number of carbonyl (C=O) groups excluding carboxylic acids is 2. The van der Waals surface area contributed by atoms with Crippen molar-refractivity contribution in [1.29, 1.82) is 0 Å². The summed E-state index contributed by atoms with van der Waals surface area (Å²) < 4.78 is 27.5. The van der Waals surface area contributed by atoms with Gasteiger partial charge in [-0.1, -0.05) is 26.0 Å². The Labute approximate surface area is 183 Å². The van der Waals surface area contributed by atoms with Crippen molar-refractivity contribution in [2.24, 2.45) is 5.92 Å². The summed E-state index contributed by atoms with van der Waals surface area (Å²) in [6.07, 6.45) is 1.26. The van der Waals surface area contributed by atoms with E-state index in [1.807, 2.05) is 24.3 Å². The Kier molecular flexibility index (Phi) is 7.12. The van der Waals surface area contributed by atoms with Crippen LogP contribution in [0.4, 0.5) is 11.4 Å². The van der Waals surface area contributed by atoms with E-state index in [4.69, 9.17) is 0 Å². The molecule has 0 radical (unpaired) electrons. The molecule has 1 aliphatic heterocycles. The monoisotopic (exact) mass is 443 g/mol. The van der Waals surface area contributed by atoms with E-state index < -0.39 is 15.9 Å². The van der Waals surface area contributed by atoms with Crippen LogP contribution in [0.15, 0.2) is 53.4 Å². The van der Waals surface area contributed by atoms with Gasteiger partial charge in [0.05, 0.1) is 10.8 Å². The van der Waals surface area contributed by atoms with Gasteiger partial charge >= 0.3 is 0 Å². The van der Waals surface area contributed by atoms with Crippen molar-refractivity contribution >= 4 is 33.2 Å². The zero-order valence-electron chi connectivity index (χ0n) is 18.1. The fourth-order valence-electron chi connectivity index (χ4n) is 3.63. The Balaban J connectivity index is 1.67. The number of rotatable bonds is 6. The molecule has 0 spiro atoms. The summed E-state index contributed by atoms with van der Waals surface area (Å²) in [4.78, 5) is 24.1. The van der Waals surface area contributed by atoms with Gasteiger partial charge in [0.25, 0.3) is 0 Å². The molecule has 7 nitrogen and oxygen atoms in total. The van der Waals surface area contributed by atoms with Gasteiger partial charge < -0.3 is 10.6 Å². The molecular weight excluding hydrogens is 414 g/mol. The number of amides is 2. The molecule has 8 heteroatoms. The second kappa shape index (κ2) is 9.62. The molecule has 0 unspecified atom stereocenters. The minimum Gasteiger partial charge on any atom is -0.326 e. The largest absolute Gasteiger partial charge is 0.326 e. The van der Waals surface area contributed by atoms with Crippen LogP contribution in [-0.2, 0) is 19.6 Å². The first-order valence-corrected chi connectivity index (χ1v) is 11.9. The molecule has 2 aromatic carbocycles. The van der Waals surface area contributed by atoms with Gasteiger partial charge in [-0.3, -0.25) is 9.59 Å². The highest BCUT2D eigenvalue weighted by atomic mass is 32.2. The maximum absolute atomic E-state index is 13.1. The van der Waals surface area contributed by atoms with Crippen LogP contribution in [0.2, 0.25) is 0 Å². The standard InChI is InChI=1S/C23H29N3O4S/c1-16(2)18-6-8-21(9-7-18)25-23(28)19-5-4-14-26(15-19)31(29,30)22-12-10-20(11-13-22)24-17(3)27/h6-13,16,19H,4-5,14-15H2,1-3H3,(H,24,27)(H,25,28)/t19-/m1/s1. The number of hydrogen-bond donors (Lipinski definition) is 2. The first-order chi connectivity index (χ1) is 14.7. The van der Waals surface area contributed by atoms with Gasteiger partial charge in [0.15, 0.2) is 0 Å². The van der Waals surface area contributed by atoms with E-state index in [9.17, 15) is 18.0 Å². The van der Waals surface area contributed by atoms with Crippen molar-refractivity contribution in [1.82, 2.24) is 4.31 Å². The van der Waals surface area contributed by atoms with Crippen LogP contribution in [-0.4, -0.2) is 37.6 Å². The zero-order valence-corrected chi connectivity index (χ0v) is 18.9. The number of sulfonamides is 1. The number of carbonyl (C=O) groups is 2. The summed E-state index contributed by atoms with van der Waals surface area (Å²) in [5.41, 5.74) is 2.44. The van der Waals surface area contributed by atoms with E-state index in [0.717, 1.165) is 0 Å². The molecule has 0 bridgehead atoms. The molecule has 2 aromatic rings. The zero-order chi connectivity index (χ0) is 22.6. The molecule has 1 atom stereocenters. The minimum absolute atomic E-state index is 0.145. The molecule has 1 saturated heterocycles. The van der Waals surface area contributed by atoms with Crippen LogP contribution in [0.1, 0.15) is 45.1 Å². The van der Waals surface area contributed by atoms with Gasteiger partial charge in [0.2, 0.25) is 21.8 Å². The van der Waals surface area contributed by atoms with E-state index >= 15 is 0 Å². The Morgan fingerprint density at radius 3 is 2.13 bits per heavy atom. The molecule has 0 aromatic heterocycles. The van der Waals surface area contributed by atoms with Gasteiger partial charge in [0, 0.05) is 31.4 Å². The highest BCUT2D eigenvalue weighted by Gasteiger charge is 2.33. The number of piperidine rings is 1. The lowest BCUT2D eigenvalue weighted by Crippen LogP contribution is -2.43. The van der Waals surface area contributed by atoms with Crippen molar-refractivity contribution in [2.45, 2.75) is 44.4 Å². The van der Waals surface area contributed by atoms with Crippen LogP contribution < -0.4 is 10.6 Å². The Morgan fingerprint density at radius 2 is 1.55 bits per heavy atom. The Bertz CT molecular complexity index is 1030. The Morgan fingerprint density at radius 1 is 0.968 bits per heavy atom. The maximum atomic E-state index is 13.1. The highest BCUT2D eigenvalue weighted by Crippen LogP contribution is 2.26. The second-order valence-electron chi connectivity index (χ2n) is 8.17. The lowest BCUT2D eigenvalue weighted by Gasteiger charge is -2.31. The van der Waals surface area contributed by atoms with Crippen LogP contribution in [0.5, 0.6) is 0 Å². The number of nitrogens with one attached hydrogen (secondary N) is 2. The minimum atomic E-state index is -3.72. The van der Waals surface area contributed by atoms with Gasteiger partial charge in [-0.25, -0.2) is 8.42 Å². The molecule has 1 fully saturated rings. The van der Waals surface area contributed by atoms with Gasteiger partial charge in [-0.05, 0) is 60.7 Å². The number of anilines is 2. The van der Waals surface area contributed by atoms with Crippen molar-refractivity contribution < 1.29 is 18.0 Å². The van der Waals surface area contributed by atoms with E-state index in [0.29, 0.717) is 36.7 Å². The van der Waals surface area contributed by atoms with Crippen molar-refractivity contribution in [3.63, 3.8) is 0 Å². The summed E-state index contributed by atoms with van der Waals surface area (Å²) in [6.45, 7) is 6.13. The first kappa shape index (κ1) is 23.0. The average molecular weight is 444 g/mol. The van der Waals surface area contributed by atoms with Crippen LogP contribution in [0, 0.1) is 5.92 Å². The third-order valence-electron chi connectivity index (χ3n) is 5.41. The molecule has 3 rings (SSSR count). The van der Waals surface area contributed by atoms with Crippen LogP contribution >= 0.6 is 0 Å². The topological polar surface area (TPSA) is 95.6 Å². The third kappa shape index (κ3) is 5.71. The predicted molar refractivity (Wildman–Crippen MR) is 121 cm³/mol. The number of nitrogens with zero attached hydrogens (tertiary/aromatic N) is 1. The quantitative estimate of drug-likeness (QED) is 0.710. The number of hydrogen-bond acceptors (Lipinski definition) is 4. The van der Waals surface area contributed by atoms with E-state index in [-0.39, 0.29) is 23.3 Å². The smallest absolute Gasteiger partial charge is 0.243 e. The van der Waals surface area contributed by atoms with Crippen molar-refractivity contribution in [2.75, 3.05) is 23.7 Å². The Hall–Kier alpha value is -2.71. The molecular formula is C23H29N3O4S. The van der Waals surface area contributed by atoms with Crippen LogP contribution in [0.3, 0.4) is 0 Å². The molecule has 1 heterocycles. The van der Waals surface area contributed by atoms with E-state index in [1.165, 1.54) is 28.9 Å². The van der Waals surface area contributed by atoms with Gasteiger partial charge in [0.1, 0.15) is 0 Å². The summed E-state index contributed by atoms with van der Waals surface area (Å²) in [5, 5.41) is 5.53. The highest BCUT2D eigenvalue weighted by molar-refractivity contribution is 7.89. The molecule has 0 aliphatic carbocycles. The SMILES string of the molecule is CC(=O)Nc1ccc(S(=O)(=O)N2CCC[C@@H](C(=O)Nc3ccc(C(C)C)cc3)C2)cc1. The lowest BCUT2D eigenvalue weighted by atomic mass is 9.98. The summed E-state index contributed by atoms with van der Waals surface area (Å²) in [6, 6.07) is 13.8. The third-order valence-corrected chi connectivity index (χ3v) is 7.29. The van der Waals surface area contributed by atoms with Gasteiger partial charge in [-0.15, -0.1) is 0 Å². The first-order valence-electron chi connectivity index (χ1n) is 10.5. The predicted octanol–water partition coefficient (Wildman–Crippen LogP) is 3.81. The van der Waals surface area contributed by atoms with Crippen LogP contribution in [0.25, 0.3) is 0 Å². The maximum Gasteiger partial charge on any atom is 0.243 e. The molecule has 0 saturated carbocycles. The summed E-state index contributed by atoms with van der Waals surface area (Å²) in [5.74, 6) is -0.390.